The minimum absolute atomic E-state index is 0.100. The SMILES string of the molecule is CCOC(=O)C(C)CNCCOCCN(C)C. The van der Waals surface area contributed by atoms with Crippen molar-refractivity contribution in [2.45, 2.75) is 13.8 Å². The van der Waals surface area contributed by atoms with Gasteiger partial charge in [0.25, 0.3) is 0 Å². The maximum Gasteiger partial charge on any atom is 0.309 e. The lowest BCUT2D eigenvalue weighted by molar-refractivity contribution is -0.147. The van der Waals surface area contributed by atoms with Crippen molar-refractivity contribution >= 4 is 5.97 Å². The number of carbonyl (C=O) groups is 1. The molecule has 0 aliphatic carbocycles. The molecule has 1 unspecified atom stereocenters. The van der Waals surface area contributed by atoms with Crippen molar-refractivity contribution in [2.24, 2.45) is 5.92 Å². The Hall–Kier alpha value is -0.650. The van der Waals surface area contributed by atoms with Gasteiger partial charge in [-0.15, -0.1) is 0 Å². The molecule has 0 aliphatic rings. The molecule has 17 heavy (non-hydrogen) atoms. The van der Waals surface area contributed by atoms with Gasteiger partial charge >= 0.3 is 5.97 Å². The fourth-order valence-electron chi connectivity index (χ4n) is 1.18. The first-order valence-electron chi connectivity index (χ1n) is 6.17. The monoisotopic (exact) mass is 246 g/mol. The summed E-state index contributed by atoms with van der Waals surface area (Å²) in [5.41, 5.74) is 0. The quantitative estimate of drug-likeness (QED) is 0.445. The van der Waals surface area contributed by atoms with Crippen molar-refractivity contribution in [3.05, 3.63) is 0 Å². The van der Waals surface area contributed by atoms with Gasteiger partial charge < -0.3 is 19.7 Å². The summed E-state index contributed by atoms with van der Waals surface area (Å²) in [6, 6.07) is 0. The highest BCUT2D eigenvalue weighted by Gasteiger charge is 2.12. The molecule has 5 heteroatoms. The van der Waals surface area contributed by atoms with Crippen LogP contribution in [0.4, 0.5) is 0 Å². The maximum absolute atomic E-state index is 11.3. The molecule has 0 spiro atoms. The third-order valence-electron chi connectivity index (χ3n) is 2.25. The summed E-state index contributed by atoms with van der Waals surface area (Å²) in [5.74, 6) is -0.245. The Labute approximate surface area is 104 Å². The number of nitrogens with one attached hydrogen (secondary N) is 1. The zero-order valence-electron chi connectivity index (χ0n) is 11.5. The zero-order chi connectivity index (χ0) is 13.1. The van der Waals surface area contributed by atoms with Crippen LogP contribution in [0.15, 0.2) is 0 Å². The Kier molecular flexibility index (Phi) is 10.1. The summed E-state index contributed by atoms with van der Waals surface area (Å²) < 4.78 is 10.3. The average Bonchev–Trinajstić information content (AvgIpc) is 2.27. The van der Waals surface area contributed by atoms with Crippen LogP contribution in [0.25, 0.3) is 0 Å². The molecular weight excluding hydrogens is 220 g/mol. The van der Waals surface area contributed by atoms with Gasteiger partial charge in [0.2, 0.25) is 0 Å². The Morgan fingerprint density at radius 2 is 2.06 bits per heavy atom. The molecule has 1 atom stereocenters. The molecule has 102 valence electrons. The van der Waals surface area contributed by atoms with E-state index in [-0.39, 0.29) is 11.9 Å². The minimum atomic E-state index is -0.145. The maximum atomic E-state index is 11.3. The fourth-order valence-corrected chi connectivity index (χ4v) is 1.18. The average molecular weight is 246 g/mol. The third kappa shape index (κ3) is 10.2. The zero-order valence-corrected chi connectivity index (χ0v) is 11.5. The number of ether oxygens (including phenoxy) is 2. The van der Waals surface area contributed by atoms with Crippen molar-refractivity contribution in [3.8, 4) is 0 Å². The molecule has 0 bridgehead atoms. The van der Waals surface area contributed by atoms with Crippen molar-refractivity contribution in [1.29, 1.82) is 0 Å². The van der Waals surface area contributed by atoms with Gasteiger partial charge in [-0.25, -0.2) is 0 Å². The van der Waals surface area contributed by atoms with Crippen LogP contribution in [0.3, 0.4) is 0 Å². The number of carbonyl (C=O) groups excluding carboxylic acids is 1. The number of rotatable bonds is 10. The lowest BCUT2D eigenvalue weighted by Crippen LogP contribution is -2.30. The van der Waals surface area contributed by atoms with Gasteiger partial charge in [-0.1, -0.05) is 6.92 Å². The summed E-state index contributed by atoms with van der Waals surface area (Å²) in [4.78, 5) is 13.4. The Balaban J connectivity index is 3.30. The molecule has 5 nitrogen and oxygen atoms in total. The van der Waals surface area contributed by atoms with Crippen LogP contribution >= 0.6 is 0 Å². The number of nitrogens with zero attached hydrogens (tertiary/aromatic N) is 1. The number of hydrogen-bond donors (Lipinski definition) is 1. The minimum Gasteiger partial charge on any atom is -0.466 e. The molecule has 0 heterocycles. The first kappa shape index (κ1) is 16.4. The number of hydrogen-bond acceptors (Lipinski definition) is 5. The van der Waals surface area contributed by atoms with Gasteiger partial charge in [0.05, 0.1) is 25.7 Å². The fraction of sp³-hybridized carbons (Fsp3) is 0.917. The Morgan fingerprint density at radius 3 is 2.65 bits per heavy atom. The van der Waals surface area contributed by atoms with E-state index >= 15 is 0 Å². The highest BCUT2D eigenvalue weighted by atomic mass is 16.5. The molecule has 1 N–H and O–H groups in total. The number of likely N-dealkylation sites (N-methyl/N-ethyl adjacent to an activating group) is 1. The highest BCUT2D eigenvalue weighted by Crippen LogP contribution is 1.96. The molecule has 0 amide bonds. The van der Waals surface area contributed by atoms with E-state index in [1.807, 2.05) is 27.9 Å². The van der Waals surface area contributed by atoms with Crippen molar-refractivity contribution in [1.82, 2.24) is 10.2 Å². The van der Waals surface area contributed by atoms with E-state index in [1.165, 1.54) is 0 Å². The van der Waals surface area contributed by atoms with Gasteiger partial charge in [0.1, 0.15) is 0 Å². The lowest BCUT2D eigenvalue weighted by Gasteiger charge is -2.12. The third-order valence-corrected chi connectivity index (χ3v) is 2.25. The van der Waals surface area contributed by atoms with Crippen LogP contribution in [0.1, 0.15) is 13.8 Å². The molecule has 0 rings (SSSR count). The molecular formula is C12H26N2O3. The van der Waals surface area contributed by atoms with E-state index in [0.29, 0.717) is 19.8 Å². The van der Waals surface area contributed by atoms with E-state index in [2.05, 4.69) is 10.2 Å². The van der Waals surface area contributed by atoms with Gasteiger partial charge in [-0.3, -0.25) is 4.79 Å². The van der Waals surface area contributed by atoms with Crippen LogP contribution in [-0.4, -0.2) is 64.4 Å². The second-order valence-electron chi connectivity index (χ2n) is 4.27. The normalized spacial score (nSPS) is 12.8. The second-order valence-corrected chi connectivity index (χ2v) is 4.27. The largest absolute Gasteiger partial charge is 0.466 e. The predicted octanol–water partition coefficient (Wildman–Crippen LogP) is 0.353. The van der Waals surface area contributed by atoms with Crippen molar-refractivity contribution < 1.29 is 14.3 Å². The number of esters is 1. The molecule has 0 aromatic rings. The molecule has 0 saturated heterocycles. The molecule has 0 aromatic heterocycles. The Morgan fingerprint density at radius 1 is 1.35 bits per heavy atom. The second kappa shape index (κ2) is 10.5. The van der Waals surface area contributed by atoms with Crippen LogP contribution in [0.5, 0.6) is 0 Å². The van der Waals surface area contributed by atoms with Gasteiger partial charge in [0, 0.05) is 19.6 Å². The van der Waals surface area contributed by atoms with Crippen LogP contribution in [0.2, 0.25) is 0 Å². The van der Waals surface area contributed by atoms with Gasteiger partial charge in [-0.05, 0) is 21.0 Å². The first-order valence-corrected chi connectivity index (χ1v) is 6.17. The van der Waals surface area contributed by atoms with Crippen molar-refractivity contribution in [3.63, 3.8) is 0 Å². The van der Waals surface area contributed by atoms with E-state index in [0.717, 1.165) is 19.7 Å². The van der Waals surface area contributed by atoms with E-state index in [1.54, 1.807) is 0 Å². The van der Waals surface area contributed by atoms with Gasteiger partial charge in [-0.2, -0.15) is 0 Å². The molecule has 0 aliphatic heterocycles. The van der Waals surface area contributed by atoms with Crippen LogP contribution < -0.4 is 5.32 Å². The first-order chi connectivity index (χ1) is 8.07. The lowest BCUT2D eigenvalue weighted by atomic mass is 10.2. The molecule has 0 radical (unpaired) electrons. The Bertz CT molecular complexity index is 198. The summed E-state index contributed by atoms with van der Waals surface area (Å²) >= 11 is 0. The van der Waals surface area contributed by atoms with Crippen LogP contribution in [0, 0.1) is 5.92 Å². The topological polar surface area (TPSA) is 50.8 Å². The van der Waals surface area contributed by atoms with E-state index in [9.17, 15) is 4.79 Å². The van der Waals surface area contributed by atoms with E-state index in [4.69, 9.17) is 9.47 Å². The smallest absolute Gasteiger partial charge is 0.309 e. The molecule has 0 fully saturated rings. The summed E-state index contributed by atoms with van der Waals surface area (Å²) in [5, 5.41) is 3.17. The summed E-state index contributed by atoms with van der Waals surface area (Å²) in [6.07, 6.45) is 0. The summed E-state index contributed by atoms with van der Waals surface area (Å²) in [6.45, 7) is 7.85. The van der Waals surface area contributed by atoms with Crippen LogP contribution in [-0.2, 0) is 14.3 Å². The predicted molar refractivity (Wildman–Crippen MR) is 68.0 cm³/mol. The highest BCUT2D eigenvalue weighted by molar-refractivity contribution is 5.72. The molecule has 0 saturated carbocycles. The summed E-state index contributed by atoms with van der Waals surface area (Å²) in [7, 11) is 4.03. The molecule has 0 aromatic carbocycles. The van der Waals surface area contributed by atoms with Crippen molar-refractivity contribution in [2.75, 3.05) is 53.6 Å². The van der Waals surface area contributed by atoms with E-state index < -0.39 is 0 Å². The standard InChI is InChI=1S/C12H26N2O3/c1-5-17-12(15)11(2)10-13-6-8-16-9-7-14(3)4/h11,13H,5-10H2,1-4H3. The van der Waals surface area contributed by atoms with Gasteiger partial charge in [0.15, 0.2) is 0 Å².